The van der Waals surface area contributed by atoms with Gasteiger partial charge in [-0.3, -0.25) is 4.79 Å². The molecule has 2 aliphatic heterocycles. The second-order valence-corrected chi connectivity index (χ2v) is 5.54. The van der Waals surface area contributed by atoms with Gasteiger partial charge in [-0.05, 0) is 20.9 Å². The lowest BCUT2D eigenvalue weighted by Gasteiger charge is -2.41. The van der Waals surface area contributed by atoms with E-state index in [4.69, 9.17) is 4.74 Å². The largest absolute Gasteiger partial charge is 0.363 e. The van der Waals surface area contributed by atoms with Crippen LogP contribution in [0, 0.1) is 0 Å². The number of likely N-dealkylation sites (N-methyl/N-ethyl adjacent to an activating group) is 1. The van der Waals surface area contributed by atoms with Gasteiger partial charge in [-0.25, -0.2) is 0 Å². The zero-order valence-electron chi connectivity index (χ0n) is 11.0. The molecule has 2 heterocycles. The van der Waals surface area contributed by atoms with Crippen molar-refractivity contribution in [1.29, 1.82) is 0 Å². The highest BCUT2D eigenvalue weighted by molar-refractivity contribution is 5.78. The molecule has 2 fully saturated rings. The third-order valence-electron chi connectivity index (χ3n) is 3.69. The van der Waals surface area contributed by atoms with Gasteiger partial charge in [-0.1, -0.05) is 0 Å². The summed E-state index contributed by atoms with van der Waals surface area (Å²) >= 11 is 0. The van der Waals surface area contributed by atoms with Crippen molar-refractivity contribution in [3.63, 3.8) is 0 Å². The lowest BCUT2D eigenvalue weighted by molar-refractivity contribution is -0.149. The second kappa shape index (κ2) is 4.92. The maximum absolute atomic E-state index is 12.1. The van der Waals surface area contributed by atoms with E-state index < -0.39 is 0 Å². The zero-order valence-corrected chi connectivity index (χ0v) is 11.0. The second-order valence-electron chi connectivity index (χ2n) is 5.54. The monoisotopic (exact) mass is 241 g/mol. The first-order chi connectivity index (χ1) is 8.00. The van der Waals surface area contributed by atoms with E-state index in [0.29, 0.717) is 0 Å². The number of hydrogen-bond acceptors (Lipinski definition) is 4. The fraction of sp³-hybridized carbons (Fsp3) is 0.917. The van der Waals surface area contributed by atoms with Crippen molar-refractivity contribution in [2.75, 3.05) is 46.4 Å². The van der Waals surface area contributed by atoms with Gasteiger partial charge in [0.15, 0.2) is 0 Å². The molecule has 0 aromatic rings. The molecule has 2 saturated heterocycles. The summed E-state index contributed by atoms with van der Waals surface area (Å²) < 4.78 is 5.69. The normalized spacial score (nSPS) is 28.9. The van der Waals surface area contributed by atoms with Crippen molar-refractivity contribution in [2.24, 2.45) is 0 Å². The van der Waals surface area contributed by atoms with Gasteiger partial charge in [0, 0.05) is 38.8 Å². The van der Waals surface area contributed by atoms with Crippen LogP contribution in [0.5, 0.6) is 0 Å². The first-order valence-electron chi connectivity index (χ1n) is 6.33. The molecule has 0 aromatic heterocycles. The van der Waals surface area contributed by atoms with Gasteiger partial charge in [-0.2, -0.15) is 0 Å². The van der Waals surface area contributed by atoms with Crippen molar-refractivity contribution in [3.8, 4) is 0 Å². The van der Waals surface area contributed by atoms with Gasteiger partial charge in [-0.15, -0.1) is 0 Å². The fourth-order valence-corrected chi connectivity index (χ4v) is 2.41. The molecule has 1 amide bonds. The van der Waals surface area contributed by atoms with Crippen molar-refractivity contribution in [2.45, 2.75) is 25.5 Å². The van der Waals surface area contributed by atoms with E-state index in [1.54, 1.807) is 0 Å². The predicted molar refractivity (Wildman–Crippen MR) is 65.9 cm³/mol. The molecule has 17 heavy (non-hydrogen) atoms. The summed E-state index contributed by atoms with van der Waals surface area (Å²) in [5, 5.41) is 3.16. The summed E-state index contributed by atoms with van der Waals surface area (Å²) in [4.78, 5) is 16.3. The van der Waals surface area contributed by atoms with E-state index in [9.17, 15) is 4.79 Å². The molecule has 0 spiro atoms. The maximum Gasteiger partial charge on any atom is 0.248 e. The van der Waals surface area contributed by atoms with Crippen LogP contribution in [0.4, 0.5) is 0 Å². The Balaban J connectivity index is 1.79. The van der Waals surface area contributed by atoms with Gasteiger partial charge in [0.1, 0.15) is 6.61 Å². The van der Waals surface area contributed by atoms with Crippen LogP contribution >= 0.6 is 0 Å². The van der Waals surface area contributed by atoms with Crippen molar-refractivity contribution < 1.29 is 9.53 Å². The van der Waals surface area contributed by atoms with Crippen molar-refractivity contribution >= 4 is 5.91 Å². The van der Waals surface area contributed by atoms with Crippen LogP contribution in [0.3, 0.4) is 0 Å². The Morgan fingerprint density at radius 2 is 2.18 bits per heavy atom. The highest BCUT2D eigenvalue weighted by Gasteiger charge is 2.34. The Morgan fingerprint density at radius 3 is 2.71 bits per heavy atom. The minimum atomic E-state index is -0.133. The number of nitrogens with one attached hydrogen (secondary N) is 1. The molecule has 98 valence electrons. The van der Waals surface area contributed by atoms with Crippen LogP contribution in [0.1, 0.15) is 13.8 Å². The van der Waals surface area contributed by atoms with E-state index >= 15 is 0 Å². The summed E-state index contributed by atoms with van der Waals surface area (Å²) in [6.45, 7) is 8.77. The highest BCUT2D eigenvalue weighted by Crippen LogP contribution is 2.16. The minimum absolute atomic E-state index is 0.124. The Labute approximate surface area is 103 Å². The van der Waals surface area contributed by atoms with Gasteiger partial charge < -0.3 is 19.9 Å². The van der Waals surface area contributed by atoms with Crippen LogP contribution in [0.25, 0.3) is 0 Å². The molecule has 0 radical (unpaired) electrons. The van der Waals surface area contributed by atoms with Crippen LogP contribution in [0.2, 0.25) is 0 Å². The summed E-state index contributed by atoms with van der Waals surface area (Å²) in [6, 6.07) is 0.289. The third kappa shape index (κ3) is 2.97. The molecule has 5 heteroatoms. The smallest absolute Gasteiger partial charge is 0.248 e. The number of amides is 1. The molecule has 1 atom stereocenters. The fourth-order valence-electron chi connectivity index (χ4n) is 2.41. The molecule has 1 unspecified atom stereocenters. The first-order valence-corrected chi connectivity index (χ1v) is 6.33. The molecular formula is C12H23N3O2. The lowest BCUT2D eigenvalue weighted by atomic mass is 10.0. The molecule has 2 rings (SSSR count). The number of nitrogens with zero attached hydrogens (tertiary/aromatic N) is 2. The maximum atomic E-state index is 12.1. The zero-order chi connectivity index (χ0) is 12.5. The van der Waals surface area contributed by atoms with Crippen LogP contribution in [-0.4, -0.2) is 73.7 Å². The molecule has 1 N–H and O–H groups in total. The van der Waals surface area contributed by atoms with E-state index in [0.717, 1.165) is 32.7 Å². The number of carbonyl (C=O) groups is 1. The Morgan fingerprint density at radius 1 is 1.47 bits per heavy atom. The topological polar surface area (TPSA) is 44.8 Å². The van der Waals surface area contributed by atoms with E-state index in [-0.39, 0.29) is 24.2 Å². The SMILES string of the molecule is CC1CN(C)CCN1C(=O)COC1(C)CNC1. The molecule has 2 aliphatic rings. The standard InChI is InChI=1S/C12H23N3O2/c1-10-6-14(3)4-5-15(10)11(16)7-17-12(2)8-13-9-12/h10,13H,4-9H2,1-3H3. The van der Waals surface area contributed by atoms with Gasteiger partial charge >= 0.3 is 0 Å². The number of rotatable bonds is 3. The molecule has 5 nitrogen and oxygen atoms in total. The van der Waals surface area contributed by atoms with Crippen molar-refractivity contribution in [3.05, 3.63) is 0 Å². The number of ether oxygens (including phenoxy) is 1. The highest BCUT2D eigenvalue weighted by atomic mass is 16.5. The Kier molecular flexibility index (Phi) is 3.70. The number of hydrogen-bond donors (Lipinski definition) is 1. The number of carbonyl (C=O) groups excluding carboxylic acids is 1. The summed E-state index contributed by atoms with van der Waals surface area (Å²) in [5.41, 5.74) is -0.133. The predicted octanol–water partition coefficient (Wildman–Crippen LogP) is -0.473. The Hall–Kier alpha value is -0.650. The van der Waals surface area contributed by atoms with Crippen molar-refractivity contribution in [1.82, 2.24) is 15.1 Å². The van der Waals surface area contributed by atoms with Gasteiger partial charge in [0.25, 0.3) is 0 Å². The van der Waals surface area contributed by atoms with Crippen LogP contribution < -0.4 is 5.32 Å². The summed E-state index contributed by atoms with van der Waals surface area (Å²) in [7, 11) is 2.09. The average Bonchev–Trinajstić information content (AvgIpc) is 2.23. The molecule has 0 aliphatic carbocycles. The van der Waals surface area contributed by atoms with E-state index in [1.165, 1.54) is 0 Å². The first kappa shape index (κ1) is 12.8. The van der Waals surface area contributed by atoms with E-state index in [2.05, 4.69) is 24.2 Å². The van der Waals surface area contributed by atoms with Gasteiger partial charge in [0.05, 0.1) is 5.60 Å². The summed E-state index contributed by atoms with van der Waals surface area (Å²) in [6.07, 6.45) is 0. The minimum Gasteiger partial charge on any atom is -0.363 e. The Bertz CT molecular complexity index is 291. The number of piperazine rings is 1. The molecule has 0 saturated carbocycles. The van der Waals surface area contributed by atoms with Crippen LogP contribution in [-0.2, 0) is 9.53 Å². The average molecular weight is 241 g/mol. The van der Waals surface area contributed by atoms with Crippen LogP contribution in [0.15, 0.2) is 0 Å². The van der Waals surface area contributed by atoms with E-state index in [1.807, 2.05) is 11.8 Å². The third-order valence-corrected chi connectivity index (χ3v) is 3.69. The summed E-state index contributed by atoms with van der Waals surface area (Å²) in [5.74, 6) is 0.124. The quantitative estimate of drug-likeness (QED) is 0.725. The lowest BCUT2D eigenvalue weighted by Crippen LogP contribution is -2.60. The molecular weight excluding hydrogens is 218 g/mol. The molecule has 0 bridgehead atoms. The van der Waals surface area contributed by atoms with Gasteiger partial charge in [0.2, 0.25) is 5.91 Å². The molecule has 0 aromatic carbocycles.